The topological polar surface area (TPSA) is 190 Å². The van der Waals surface area contributed by atoms with Crippen molar-refractivity contribution in [2.45, 2.75) is 102 Å². The molecule has 1 unspecified atom stereocenters. The zero-order valence-electron chi connectivity index (χ0n) is 32.3. The van der Waals surface area contributed by atoms with E-state index in [1.54, 1.807) is 46.4 Å². The number of ether oxygens (including phenoxy) is 3. The predicted molar refractivity (Wildman–Crippen MR) is 201 cm³/mol. The summed E-state index contributed by atoms with van der Waals surface area (Å²) in [7, 11) is -2.93. The van der Waals surface area contributed by atoms with Crippen molar-refractivity contribution in [3.63, 3.8) is 0 Å². The van der Waals surface area contributed by atoms with E-state index in [-0.39, 0.29) is 24.3 Å². The average Bonchev–Trinajstić information content (AvgIpc) is 3.67. The van der Waals surface area contributed by atoms with E-state index in [0.29, 0.717) is 25.3 Å². The van der Waals surface area contributed by atoms with Gasteiger partial charge in [0.05, 0.1) is 18.6 Å². The van der Waals surface area contributed by atoms with E-state index in [9.17, 15) is 32.4 Å². The Balaban J connectivity index is 1.39. The normalized spacial score (nSPS) is 22.7. The Labute approximate surface area is 322 Å². The Hall–Kier alpha value is -5.12. The Morgan fingerprint density at radius 1 is 0.982 bits per heavy atom. The molecule has 16 heteroatoms. The predicted octanol–water partition coefficient (Wildman–Crippen LogP) is 3.66. The number of nitrogens with one attached hydrogen (secondary N) is 3. The second kappa shape index (κ2) is 15.6. The molecule has 0 bridgehead atoms. The van der Waals surface area contributed by atoms with E-state index in [4.69, 9.17) is 14.2 Å². The largest absolute Gasteiger partial charge is 0.497 e. The first-order valence-corrected chi connectivity index (χ1v) is 19.6. The van der Waals surface area contributed by atoms with Crippen LogP contribution in [0.1, 0.15) is 65.5 Å². The standard InChI is InChI=1S/C39H51N5O10S/c1-9-26-21-39(26,34(47)42-55(50,51)29-16-14-27(52-8)15-17-29)41-32(45)30-20-28(53-36(49)43-19-18-24-12-10-11-13-25(24)22-43)23-44(30)33(46)31(37(2,3)4)40-35(48)54-38(5,6)7/h9-17,26,28,30-31H,1,18-23H2,2-8H3,(H,40,48)(H,41,45)(H,42,47)/t26?,28-,30+,31-,39-/m1/s1. The van der Waals surface area contributed by atoms with Crippen molar-refractivity contribution in [2.24, 2.45) is 11.3 Å². The molecule has 5 atom stereocenters. The highest BCUT2D eigenvalue weighted by molar-refractivity contribution is 7.90. The van der Waals surface area contributed by atoms with Crippen molar-refractivity contribution in [1.29, 1.82) is 0 Å². The van der Waals surface area contributed by atoms with E-state index in [1.807, 2.05) is 24.3 Å². The summed E-state index contributed by atoms with van der Waals surface area (Å²) in [4.78, 5) is 71.5. The van der Waals surface area contributed by atoms with Crippen molar-refractivity contribution in [1.82, 2.24) is 25.2 Å². The molecule has 3 aliphatic rings. The summed E-state index contributed by atoms with van der Waals surface area (Å²) in [5.74, 6) is -2.60. The minimum atomic E-state index is -4.36. The van der Waals surface area contributed by atoms with E-state index in [2.05, 4.69) is 21.9 Å². The molecule has 2 aromatic carbocycles. The summed E-state index contributed by atoms with van der Waals surface area (Å²) in [6.07, 6.45) is -0.377. The van der Waals surface area contributed by atoms with Gasteiger partial charge in [-0.2, -0.15) is 0 Å². The second-order valence-electron chi connectivity index (χ2n) is 16.3. The van der Waals surface area contributed by atoms with Crippen molar-refractivity contribution in [3.8, 4) is 5.75 Å². The third kappa shape index (κ3) is 9.40. The molecular weight excluding hydrogens is 731 g/mol. The number of carbonyl (C=O) groups is 5. The van der Waals surface area contributed by atoms with Gasteiger partial charge in [0, 0.05) is 25.4 Å². The number of methoxy groups -OCH3 is 1. The molecular formula is C39H51N5O10S. The van der Waals surface area contributed by atoms with Crippen LogP contribution in [-0.4, -0.2) is 97.7 Å². The zero-order chi connectivity index (χ0) is 40.5. The maximum atomic E-state index is 14.4. The van der Waals surface area contributed by atoms with Crippen LogP contribution in [0.4, 0.5) is 9.59 Å². The third-order valence-corrected chi connectivity index (χ3v) is 11.3. The number of hydrogen-bond acceptors (Lipinski definition) is 10. The number of fused-ring (bicyclic) bond motifs is 1. The van der Waals surface area contributed by atoms with Gasteiger partial charge in [-0.3, -0.25) is 14.4 Å². The molecule has 2 fully saturated rings. The number of sulfonamides is 1. The van der Waals surface area contributed by atoms with E-state index in [1.165, 1.54) is 42.4 Å². The summed E-state index contributed by atoms with van der Waals surface area (Å²) in [6.45, 7) is 14.6. The van der Waals surface area contributed by atoms with Crippen LogP contribution in [0.25, 0.3) is 0 Å². The van der Waals surface area contributed by atoms with E-state index in [0.717, 1.165) is 11.1 Å². The second-order valence-corrected chi connectivity index (χ2v) is 17.9. The first-order chi connectivity index (χ1) is 25.7. The van der Waals surface area contributed by atoms with Gasteiger partial charge in [-0.1, -0.05) is 51.1 Å². The molecule has 0 radical (unpaired) electrons. The van der Waals surface area contributed by atoms with Gasteiger partial charge in [0.2, 0.25) is 11.8 Å². The third-order valence-electron chi connectivity index (χ3n) is 9.93. The van der Waals surface area contributed by atoms with Crippen molar-refractivity contribution < 1.29 is 46.6 Å². The van der Waals surface area contributed by atoms with Gasteiger partial charge in [0.1, 0.15) is 35.1 Å². The molecule has 5 rings (SSSR count). The first kappa shape index (κ1) is 41.1. The van der Waals surface area contributed by atoms with Crippen LogP contribution in [0, 0.1) is 11.3 Å². The first-order valence-electron chi connectivity index (χ1n) is 18.2. The van der Waals surface area contributed by atoms with Gasteiger partial charge >= 0.3 is 12.2 Å². The highest BCUT2D eigenvalue weighted by Crippen LogP contribution is 2.45. The quantitative estimate of drug-likeness (QED) is 0.300. The highest BCUT2D eigenvalue weighted by Gasteiger charge is 2.61. The molecule has 2 aromatic rings. The molecule has 2 aliphatic heterocycles. The minimum Gasteiger partial charge on any atom is -0.497 e. The molecule has 1 aliphatic carbocycles. The monoisotopic (exact) mass is 781 g/mol. The number of carbonyl (C=O) groups excluding carboxylic acids is 5. The SMILES string of the molecule is C=CC1C[C@]1(NC(=O)[C@@H]1C[C@@H](OC(=O)N2CCc3ccccc3C2)CN1C(=O)[C@@H](NC(=O)OC(C)(C)C)C(C)(C)C)C(=O)NS(=O)(=O)c1ccc(OC)cc1. The maximum absolute atomic E-state index is 14.4. The fraction of sp³-hybridized carbons (Fsp3) is 0.513. The lowest BCUT2D eigenvalue weighted by atomic mass is 9.85. The number of amides is 5. The number of rotatable bonds is 10. The Kier molecular flexibility index (Phi) is 11.6. The molecule has 3 N–H and O–H groups in total. The summed E-state index contributed by atoms with van der Waals surface area (Å²) in [5.41, 5.74) is -1.29. The van der Waals surface area contributed by atoms with Gasteiger partial charge in [-0.25, -0.2) is 22.7 Å². The Morgan fingerprint density at radius 2 is 1.64 bits per heavy atom. The summed E-state index contributed by atoms with van der Waals surface area (Å²) in [6, 6.07) is 10.8. The molecule has 298 valence electrons. The van der Waals surface area contributed by atoms with Crippen molar-refractivity contribution in [3.05, 3.63) is 72.3 Å². The number of benzene rings is 2. The molecule has 5 amide bonds. The molecule has 1 saturated heterocycles. The molecule has 1 saturated carbocycles. The fourth-order valence-corrected chi connectivity index (χ4v) is 7.89. The average molecular weight is 782 g/mol. The van der Waals surface area contributed by atoms with Gasteiger partial charge in [0.25, 0.3) is 15.9 Å². The lowest BCUT2D eigenvalue weighted by molar-refractivity contribution is -0.143. The van der Waals surface area contributed by atoms with Crippen LogP contribution in [0.2, 0.25) is 0 Å². The Bertz CT molecular complexity index is 1940. The summed E-state index contributed by atoms with van der Waals surface area (Å²) >= 11 is 0. The van der Waals surface area contributed by atoms with Gasteiger partial charge in [0.15, 0.2) is 0 Å². The van der Waals surface area contributed by atoms with Crippen LogP contribution in [0.15, 0.2) is 66.1 Å². The zero-order valence-corrected chi connectivity index (χ0v) is 33.2. The van der Waals surface area contributed by atoms with E-state index < -0.39 is 80.6 Å². The molecule has 0 spiro atoms. The van der Waals surface area contributed by atoms with Crippen LogP contribution >= 0.6 is 0 Å². The maximum Gasteiger partial charge on any atom is 0.410 e. The van der Waals surface area contributed by atoms with Crippen LogP contribution in [-0.2, 0) is 46.8 Å². The Morgan fingerprint density at radius 3 is 2.22 bits per heavy atom. The number of hydrogen-bond donors (Lipinski definition) is 3. The van der Waals surface area contributed by atoms with Gasteiger partial charge in [-0.15, -0.1) is 6.58 Å². The van der Waals surface area contributed by atoms with E-state index >= 15 is 0 Å². The lowest BCUT2D eigenvalue weighted by Gasteiger charge is -2.36. The van der Waals surface area contributed by atoms with Crippen LogP contribution in [0.3, 0.4) is 0 Å². The van der Waals surface area contributed by atoms with Crippen molar-refractivity contribution >= 4 is 39.9 Å². The summed E-state index contributed by atoms with van der Waals surface area (Å²) < 4.78 is 45.0. The van der Waals surface area contributed by atoms with Crippen LogP contribution < -0.4 is 20.1 Å². The molecule has 0 aromatic heterocycles. The van der Waals surface area contributed by atoms with Gasteiger partial charge < -0.3 is 34.6 Å². The van der Waals surface area contributed by atoms with Crippen LogP contribution in [0.5, 0.6) is 5.75 Å². The lowest BCUT2D eigenvalue weighted by Crippen LogP contribution is -2.60. The minimum absolute atomic E-state index is 0.0482. The highest BCUT2D eigenvalue weighted by atomic mass is 32.2. The number of nitrogens with zero attached hydrogens (tertiary/aromatic N) is 2. The molecule has 55 heavy (non-hydrogen) atoms. The molecule has 15 nitrogen and oxygen atoms in total. The van der Waals surface area contributed by atoms with Gasteiger partial charge in [-0.05, 0) is 74.4 Å². The van der Waals surface area contributed by atoms with Crippen molar-refractivity contribution in [2.75, 3.05) is 20.2 Å². The molecule has 2 heterocycles. The fourth-order valence-electron chi connectivity index (χ4n) is 6.85. The number of likely N-dealkylation sites (tertiary alicyclic amines) is 1. The number of alkyl carbamates (subject to hydrolysis) is 1. The summed E-state index contributed by atoms with van der Waals surface area (Å²) in [5, 5.41) is 5.38. The smallest absolute Gasteiger partial charge is 0.410 e.